The molecule has 2 aliphatic rings. The molecule has 1 amide bonds. The number of nitrogens with zero attached hydrogens (tertiary/aromatic N) is 3. The van der Waals surface area contributed by atoms with Gasteiger partial charge in [0.1, 0.15) is 0 Å². The molecule has 1 aliphatic carbocycles. The van der Waals surface area contributed by atoms with E-state index in [4.69, 9.17) is 0 Å². The van der Waals surface area contributed by atoms with Crippen LogP contribution in [0.15, 0.2) is 6.33 Å². The number of nitrogens with one attached hydrogen (secondary N) is 3. The Bertz CT molecular complexity index is 845. The van der Waals surface area contributed by atoms with Crippen molar-refractivity contribution in [3.63, 3.8) is 0 Å². The molecule has 3 heterocycles. The van der Waals surface area contributed by atoms with Gasteiger partial charge in [0.15, 0.2) is 0 Å². The van der Waals surface area contributed by atoms with Crippen molar-refractivity contribution in [2.45, 2.75) is 83.8 Å². The lowest BCUT2D eigenvalue weighted by atomic mass is 9.75. The summed E-state index contributed by atoms with van der Waals surface area (Å²) < 4.78 is 2.03. The van der Waals surface area contributed by atoms with Gasteiger partial charge in [0.2, 0.25) is 5.91 Å². The number of hydrogen-bond donors (Lipinski definition) is 3. The highest BCUT2D eigenvalue weighted by Gasteiger charge is 2.44. The van der Waals surface area contributed by atoms with E-state index in [1.165, 1.54) is 30.5 Å². The smallest absolute Gasteiger partial charge is 0.237 e. The zero-order valence-electron chi connectivity index (χ0n) is 17.3. The number of imidazole rings is 1. The van der Waals surface area contributed by atoms with Gasteiger partial charge in [-0.3, -0.25) is 14.8 Å². The molecular weight excluding hydrogens is 352 g/mol. The minimum absolute atomic E-state index is 0.0865. The average Bonchev–Trinajstić information content (AvgIpc) is 3.28. The normalized spacial score (nSPS) is 20.9. The van der Waals surface area contributed by atoms with Crippen LogP contribution in [0.3, 0.4) is 0 Å². The second-order valence-corrected chi connectivity index (χ2v) is 8.28. The average molecular weight is 385 g/mol. The van der Waals surface area contributed by atoms with Gasteiger partial charge in [-0.15, -0.1) is 0 Å². The molecule has 7 nitrogen and oxygen atoms in total. The Morgan fingerprint density at radius 2 is 2.11 bits per heavy atom. The summed E-state index contributed by atoms with van der Waals surface area (Å²) in [5, 5.41) is 11.4. The predicted octanol–water partition coefficient (Wildman–Crippen LogP) is 2.28. The third-order valence-corrected chi connectivity index (χ3v) is 6.56. The molecule has 2 aromatic rings. The summed E-state index contributed by atoms with van der Waals surface area (Å²) in [6, 6.07) is -0.202. The zero-order chi connectivity index (χ0) is 19.7. The summed E-state index contributed by atoms with van der Waals surface area (Å²) in [5.74, 6) is 0.0865. The number of H-pyrrole nitrogens is 1. The number of fused-ring (bicyclic) bond motifs is 2. The van der Waals surface area contributed by atoms with E-state index in [9.17, 15) is 4.79 Å². The van der Waals surface area contributed by atoms with Gasteiger partial charge in [0, 0.05) is 30.9 Å². The zero-order valence-corrected chi connectivity index (χ0v) is 17.3. The first kappa shape index (κ1) is 19.2. The van der Waals surface area contributed by atoms with E-state index in [2.05, 4.69) is 39.5 Å². The molecule has 1 saturated carbocycles. The first-order valence-electron chi connectivity index (χ1n) is 10.6. The number of aromatic amines is 1. The maximum atomic E-state index is 12.9. The molecule has 0 unspecified atom stereocenters. The van der Waals surface area contributed by atoms with Crippen molar-refractivity contribution in [2.75, 3.05) is 6.54 Å². The van der Waals surface area contributed by atoms with E-state index >= 15 is 0 Å². The summed E-state index contributed by atoms with van der Waals surface area (Å²) in [7, 11) is 0. The molecule has 1 aliphatic heterocycles. The summed E-state index contributed by atoms with van der Waals surface area (Å²) >= 11 is 0. The Morgan fingerprint density at radius 1 is 1.32 bits per heavy atom. The fourth-order valence-electron chi connectivity index (χ4n) is 5.08. The molecule has 2 aromatic heterocycles. The number of aromatic nitrogens is 4. The molecule has 0 radical (unpaired) electrons. The highest BCUT2D eigenvalue weighted by Crippen LogP contribution is 2.40. The quantitative estimate of drug-likeness (QED) is 0.738. The molecule has 7 heteroatoms. The summed E-state index contributed by atoms with van der Waals surface area (Å²) in [6.07, 6.45) is 9.03. The van der Waals surface area contributed by atoms with Crippen molar-refractivity contribution in [3.05, 3.63) is 34.7 Å². The van der Waals surface area contributed by atoms with Crippen LogP contribution < -0.4 is 10.6 Å². The SMILES string of the molecule is CCn1nc(C)c(CCNC(=O)[C@@H]2Cc3[nH]cnc3C3(CCCCC3)N2)c1C. The number of aryl methyl sites for hydroxylation is 2. The van der Waals surface area contributed by atoms with Gasteiger partial charge < -0.3 is 10.3 Å². The molecule has 152 valence electrons. The summed E-state index contributed by atoms with van der Waals surface area (Å²) in [5.41, 5.74) is 5.63. The van der Waals surface area contributed by atoms with Crippen LogP contribution in [-0.4, -0.2) is 38.2 Å². The molecule has 1 fully saturated rings. The molecule has 3 N–H and O–H groups in total. The number of hydrogen-bond acceptors (Lipinski definition) is 4. The van der Waals surface area contributed by atoms with Crippen molar-refractivity contribution >= 4 is 5.91 Å². The second kappa shape index (κ2) is 7.70. The second-order valence-electron chi connectivity index (χ2n) is 8.28. The fraction of sp³-hybridized carbons (Fsp3) is 0.667. The summed E-state index contributed by atoms with van der Waals surface area (Å²) in [4.78, 5) is 20.8. The fourth-order valence-corrected chi connectivity index (χ4v) is 5.08. The van der Waals surface area contributed by atoms with Crippen molar-refractivity contribution in [2.24, 2.45) is 0 Å². The van der Waals surface area contributed by atoms with Crippen molar-refractivity contribution < 1.29 is 4.79 Å². The van der Waals surface area contributed by atoms with Crippen molar-refractivity contribution in [3.8, 4) is 0 Å². The standard InChI is InChI=1S/C21H32N6O/c1-4-27-15(3)16(14(2)26-27)8-11-22-20(28)18-12-17-19(24-13-23-17)21(25-18)9-6-5-7-10-21/h13,18,25H,4-12H2,1-3H3,(H,22,28)(H,23,24)/t18-/m0/s1. The van der Waals surface area contributed by atoms with E-state index in [0.717, 1.165) is 42.9 Å². The maximum absolute atomic E-state index is 12.9. The van der Waals surface area contributed by atoms with Crippen LogP contribution in [0.5, 0.6) is 0 Å². The lowest BCUT2D eigenvalue weighted by Gasteiger charge is -2.43. The lowest BCUT2D eigenvalue weighted by Crippen LogP contribution is -2.59. The van der Waals surface area contributed by atoms with Gasteiger partial charge in [-0.05, 0) is 45.6 Å². The molecule has 1 spiro atoms. The largest absolute Gasteiger partial charge is 0.354 e. The van der Waals surface area contributed by atoms with Gasteiger partial charge in [-0.1, -0.05) is 19.3 Å². The minimum Gasteiger partial charge on any atom is -0.354 e. The Balaban J connectivity index is 1.41. The van der Waals surface area contributed by atoms with Gasteiger partial charge in [0.25, 0.3) is 0 Å². The first-order valence-corrected chi connectivity index (χ1v) is 10.6. The molecule has 28 heavy (non-hydrogen) atoms. The highest BCUT2D eigenvalue weighted by atomic mass is 16.2. The number of rotatable bonds is 5. The third-order valence-electron chi connectivity index (χ3n) is 6.56. The van der Waals surface area contributed by atoms with E-state index in [1.54, 1.807) is 6.33 Å². The van der Waals surface area contributed by atoms with Gasteiger partial charge >= 0.3 is 0 Å². The van der Waals surface area contributed by atoms with Crippen LogP contribution in [0.25, 0.3) is 0 Å². The Labute approximate surface area is 166 Å². The topological polar surface area (TPSA) is 87.6 Å². The molecule has 4 rings (SSSR count). The van der Waals surface area contributed by atoms with Crippen LogP contribution in [0.1, 0.15) is 67.4 Å². The maximum Gasteiger partial charge on any atom is 0.237 e. The van der Waals surface area contributed by atoms with E-state index in [0.29, 0.717) is 13.0 Å². The molecular formula is C21H32N6O. The molecule has 0 saturated heterocycles. The van der Waals surface area contributed by atoms with E-state index < -0.39 is 0 Å². The predicted molar refractivity (Wildman–Crippen MR) is 108 cm³/mol. The van der Waals surface area contributed by atoms with Crippen LogP contribution in [0.4, 0.5) is 0 Å². The summed E-state index contributed by atoms with van der Waals surface area (Å²) in [6.45, 7) is 7.77. The van der Waals surface area contributed by atoms with E-state index in [-0.39, 0.29) is 17.5 Å². The van der Waals surface area contributed by atoms with Crippen LogP contribution in [-0.2, 0) is 29.7 Å². The van der Waals surface area contributed by atoms with Gasteiger partial charge in [0.05, 0.1) is 29.3 Å². The van der Waals surface area contributed by atoms with Gasteiger partial charge in [-0.25, -0.2) is 4.98 Å². The minimum atomic E-state index is -0.202. The van der Waals surface area contributed by atoms with Crippen LogP contribution >= 0.6 is 0 Å². The van der Waals surface area contributed by atoms with E-state index in [1.807, 2.05) is 11.6 Å². The molecule has 0 bridgehead atoms. The van der Waals surface area contributed by atoms with Gasteiger partial charge in [-0.2, -0.15) is 5.10 Å². The van der Waals surface area contributed by atoms with Crippen molar-refractivity contribution in [1.29, 1.82) is 0 Å². The van der Waals surface area contributed by atoms with Crippen molar-refractivity contribution in [1.82, 2.24) is 30.4 Å². The Morgan fingerprint density at radius 3 is 2.82 bits per heavy atom. The Kier molecular flexibility index (Phi) is 5.27. The highest BCUT2D eigenvalue weighted by molar-refractivity contribution is 5.82. The monoisotopic (exact) mass is 384 g/mol. The van der Waals surface area contributed by atoms with Crippen LogP contribution in [0, 0.1) is 13.8 Å². The Hall–Kier alpha value is -2.15. The van der Waals surface area contributed by atoms with Crippen LogP contribution in [0.2, 0.25) is 0 Å². The first-order chi connectivity index (χ1) is 13.5. The third kappa shape index (κ3) is 3.36. The number of carbonyl (C=O) groups excluding carboxylic acids is 1. The molecule has 1 atom stereocenters. The number of carbonyl (C=O) groups is 1. The molecule has 0 aromatic carbocycles. The number of amides is 1. The lowest BCUT2D eigenvalue weighted by molar-refractivity contribution is -0.124.